The molecular formula is C35H56O5. The first-order chi connectivity index (χ1) is 19.5. The topological polar surface area (TPSA) is 87.0 Å². The van der Waals surface area contributed by atoms with Crippen LogP contribution in [-0.2, 0) is 17.6 Å². The molecule has 0 saturated carbocycles. The number of carbonyl (C=O) groups is 1. The van der Waals surface area contributed by atoms with E-state index >= 15 is 0 Å². The zero-order valence-corrected chi connectivity index (χ0v) is 25.3. The lowest BCUT2D eigenvalue weighted by Crippen LogP contribution is -1.96. The Morgan fingerprint density at radius 1 is 0.650 bits per heavy atom. The van der Waals surface area contributed by atoms with Crippen LogP contribution in [0, 0.1) is 0 Å². The Bertz CT molecular complexity index is 803. The summed E-state index contributed by atoms with van der Waals surface area (Å²) < 4.78 is 6.46. The van der Waals surface area contributed by atoms with E-state index in [9.17, 15) is 4.79 Å². The maximum atomic E-state index is 9.25. The second-order valence-electron chi connectivity index (χ2n) is 10.0. The number of ether oxygens (including phenoxy) is 1. The third kappa shape index (κ3) is 21.2. The van der Waals surface area contributed by atoms with E-state index in [2.05, 4.69) is 69.0 Å². The number of aliphatic hydroxyl groups is 2. The lowest BCUT2D eigenvalue weighted by molar-refractivity contribution is -0.131. The third-order valence-corrected chi connectivity index (χ3v) is 6.54. The summed E-state index contributed by atoms with van der Waals surface area (Å²) in [6, 6.07) is 17.3. The largest absolute Gasteiger partial charge is 0.478 e. The monoisotopic (exact) mass is 556 g/mol. The summed E-state index contributed by atoms with van der Waals surface area (Å²) in [5.41, 5.74) is 2.70. The molecular weight excluding hydrogens is 500 g/mol. The zero-order chi connectivity index (χ0) is 29.7. The minimum Gasteiger partial charge on any atom is -0.478 e. The van der Waals surface area contributed by atoms with Gasteiger partial charge in [0.05, 0.1) is 13.2 Å². The Balaban J connectivity index is 0.00000146. The molecule has 0 atom stereocenters. The highest BCUT2D eigenvalue weighted by Gasteiger charge is 2.08. The highest BCUT2D eigenvalue weighted by molar-refractivity contribution is 5.78. The normalized spacial score (nSPS) is 10.1. The van der Waals surface area contributed by atoms with E-state index in [1.165, 1.54) is 101 Å². The van der Waals surface area contributed by atoms with Gasteiger partial charge in [0.2, 0.25) is 0 Å². The molecule has 3 N–H and O–H groups in total. The molecule has 0 aliphatic carbocycles. The van der Waals surface area contributed by atoms with Crippen LogP contribution in [0.2, 0.25) is 0 Å². The molecule has 0 saturated heterocycles. The summed E-state index contributed by atoms with van der Waals surface area (Å²) in [5.74, 6) is 1.10. The number of rotatable bonds is 20. The van der Waals surface area contributed by atoms with Crippen molar-refractivity contribution >= 4 is 5.97 Å². The number of aliphatic carboxylic acids is 1. The van der Waals surface area contributed by atoms with Crippen molar-refractivity contribution in [1.82, 2.24) is 0 Å². The van der Waals surface area contributed by atoms with Crippen LogP contribution in [0.4, 0.5) is 0 Å². The van der Waals surface area contributed by atoms with Crippen molar-refractivity contribution in [2.45, 2.75) is 117 Å². The SMILES string of the molecule is C=CC(=O)O.CCCCCCCCCc1ccccc1Oc1ccccc1CCCCCCCCC.OCCO. The molecule has 0 amide bonds. The smallest absolute Gasteiger partial charge is 0.327 e. The van der Waals surface area contributed by atoms with Gasteiger partial charge in [0.1, 0.15) is 11.5 Å². The van der Waals surface area contributed by atoms with Gasteiger partial charge in [-0.15, -0.1) is 0 Å². The van der Waals surface area contributed by atoms with Crippen molar-refractivity contribution in [2.75, 3.05) is 13.2 Å². The van der Waals surface area contributed by atoms with Crippen molar-refractivity contribution in [1.29, 1.82) is 0 Å². The molecule has 0 bridgehead atoms. The Morgan fingerprint density at radius 2 is 0.975 bits per heavy atom. The van der Waals surface area contributed by atoms with Crippen molar-refractivity contribution in [2.24, 2.45) is 0 Å². The van der Waals surface area contributed by atoms with Gasteiger partial charge in [-0.1, -0.05) is 134 Å². The molecule has 5 heteroatoms. The molecule has 0 aliphatic rings. The predicted octanol–water partition coefficient (Wildman–Crippen LogP) is 9.29. The summed E-state index contributed by atoms with van der Waals surface area (Å²) in [6.45, 7) is 7.27. The average molecular weight is 557 g/mol. The van der Waals surface area contributed by atoms with Crippen LogP contribution >= 0.6 is 0 Å². The van der Waals surface area contributed by atoms with E-state index in [0.29, 0.717) is 0 Å². The summed E-state index contributed by atoms with van der Waals surface area (Å²) in [7, 11) is 0. The highest BCUT2D eigenvalue weighted by Crippen LogP contribution is 2.30. The molecule has 0 spiro atoms. The van der Waals surface area contributed by atoms with Crippen molar-refractivity contribution in [3.63, 3.8) is 0 Å². The standard InChI is InChI=1S/C30H46O.C3H4O2.C2H6O2/c1-3-5-7-9-11-13-15-21-27-23-17-19-25-29(27)31-30-26-20-18-24-28(30)22-16-14-12-10-8-6-4-2;1-2-3(4)5;3-1-2-4/h17-20,23-26H,3-16,21-22H2,1-2H3;2H,1H2,(H,4,5);3-4H,1-2H2. The summed E-state index contributed by atoms with van der Waals surface area (Å²) in [4.78, 5) is 9.25. The van der Waals surface area contributed by atoms with E-state index in [1.54, 1.807) is 0 Å². The van der Waals surface area contributed by atoms with Crippen LogP contribution in [0.3, 0.4) is 0 Å². The molecule has 2 aromatic carbocycles. The maximum Gasteiger partial charge on any atom is 0.327 e. The van der Waals surface area contributed by atoms with E-state index in [0.717, 1.165) is 30.4 Å². The second-order valence-corrected chi connectivity index (χ2v) is 10.0. The predicted molar refractivity (Wildman–Crippen MR) is 168 cm³/mol. The van der Waals surface area contributed by atoms with Crippen molar-refractivity contribution < 1.29 is 24.9 Å². The first-order valence-electron chi connectivity index (χ1n) is 15.4. The first kappa shape index (κ1) is 37.4. The summed E-state index contributed by atoms with van der Waals surface area (Å²) in [6.07, 6.45) is 21.9. The molecule has 0 fully saturated rings. The lowest BCUT2D eigenvalue weighted by Gasteiger charge is -2.14. The molecule has 0 unspecified atom stereocenters. The van der Waals surface area contributed by atoms with Crippen LogP contribution < -0.4 is 4.74 Å². The van der Waals surface area contributed by atoms with Gasteiger partial charge in [0.25, 0.3) is 0 Å². The molecule has 0 aliphatic heterocycles. The third-order valence-electron chi connectivity index (χ3n) is 6.54. The Morgan fingerprint density at radius 3 is 1.30 bits per heavy atom. The number of hydrogen-bond acceptors (Lipinski definition) is 4. The number of para-hydroxylation sites is 2. The van der Waals surface area contributed by atoms with Gasteiger partial charge in [-0.2, -0.15) is 0 Å². The van der Waals surface area contributed by atoms with E-state index in [4.69, 9.17) is 20.1 Å². The minimum absolute atomic E-state index is 0.125. The van der Waals surface area contributed by atoms with Gasteiger partial charge in [-0.3, -0.25) is 0 Å². The number of carboxylic acids is 1. The molecule has 2 aromatic rings. The number of aryl methyl sites for hydroxylation is 2. The Kier molecular flexibility index (Phi) is 26.1. The van der Waals surface area contributed by atoms with Crippen LogP contribution in [0.25, 0.3) is 0 Å². The number of unbranched alkanes of at least 4 members (excludes halogenated alkanes) is 12. The van der Waals surface area contributed by atoms with Crippen LogP contribution in [-0.4, -0.2) is 34.5 Å². The fourth-order valence-corrected chi connectivity index (χ4v) is 4.28. The molecule has 0 aromatic heterocycles. The molecule has 40 heavy (non-hydrogen) atoms. The van der Waals surface area contributed by atoms with Crippen molar-refractivity contribution in [3.05, 3.63) is 72.3 Å². The van der Waals surface area contributed by atoms with Gasteiger partial charge < -0.3 is 20.1 Å². The maximum absolute atomic E-state index is 9.25. The van der Waals surface area contributed by atoms with Crippen LogP contribution in [0.1, 0.15) is 115 Å². The number of hydrogen-bond donors (Lipinski definition) is 3. The molecule has 0 radical (unpaired) electrons. The number of aliphatic hydroxyl groups excluding tert-OH is 2. The fraction of sp³-hybridized carbons (Fsp3) is 0.571. The quantitative estimate of drug-likeness (QED) is 0.112. The summed E-state index contributed by atoms with van der Waals surface area (Å²) >= 11 is 0. The highest BCUT2D eigenvalue weighted by atomic mass is 16.5. The first-order valence-corrected chi connectivity index (χ1v) is 15.4. The molecule has 0 heterocycles. The van der Waals surface area contributed by atoms with Crippen LogP contribution in [0.15, 0.2) is 61.2 Å². The van der Waals surface area contributed by atoms with Gasteiger partial charge in [0, 0.05) is 6.08 Å². The van der Waals surface area contributed by atoms with E-state index < -0.39 is 5.97 Å². The number of benzene rings is 2. The Hall–Kier alpha value is -2.63. The minimum atomic E-state index is -0.981. The molecule has 5 nitrogen and oxygen atoms in total. The average Bonchev–Trinajstić information content (AvgIpc) is 2.98. The van der Waals surface area contributed by atoms with Gasteiger partial charge in [-0.05, 0) is 48.9 Å². The van der Waals surface area contributed by atoms with Crippen molar-refractivity contribution in [3.8, 4) is 11.5 Å². The second kappa shape index (κ2) is 27.9. The van der Waals surface area contributed by atoms with Gasteiger partial charge >= 0.3 is 5.97 Å². The van der Waals surface area contributed by atoms with Gasteiger partial charge in [0.15, 0.2) is 0 Å². The van der Waals surface area contributed by atoms with Gasteiger partial charge in [-0.25, -0.2) is 4.79 Å². The number of carboxylic acid groups (broad SMARTS) is 1. The fourth-order valence-electron chi connectivity index (χ4n) is 4.28. The summed E-state index contributed by atoms with van der Waals surface area (Å²) in [5, 5.41) is 22.9. The lowest BCUT2D eigenvalue weighted by atomic mass is 10.0. The van der Waals surface area contributed by atoms with Crippen LogP contribution in [0.5, 0.6) is 11.5 Å². The van der Waals surface area contributed by atoms with E-state index in [1.807, 2.05) is 0 Å². The van der Waals surface area contributed by atoms with E-state index in [-0.39, 0.29) is 13.2 Å². The molecule has 226 valence electrons. The zero-order valence-electron chi connectivity index (χ0n) is 25.3. The Labute approximate surface area is 244 Å². The molecule has 2 rings (SSSR count).